The van der Waals surface area contributed by atoms with Crippen LogP contribution in [-0.2, 0) is 0 Å². The van der Waals surface area contributed by atoms with Gasteiger partial charge in [0.2, 0.25) is 0 Å². The Morgan fingerprint density at radius 3 is 2.71 bits per heavy atom. The lowest BCUT2D eigenvalue weighted by atomic mass is 10.1. The van der Waals surface area contributed by atoms with Crippen LogP contribution in [0.3, 0.4) is 0 Å². The number of carboxylic acids is 1. The number of nitrogens with two attached hydrogens (primary N) is 2. The number of hydrogen-bond donors (Lipinski definition) is 3. The van der Waals surface area contributed by atoms with Gasteiger partial charge in [-0.05, 0) is 36.8 Å². The predicted molar refractivity (Wildman–Crippen MR) is 81.2 cm³/mol. The minimum atomic E-state index is -1.01. The molecule has 0 radical (unpaired) electrons. The zero-order valence-corrected chi connectivity index (χ0v) is 11.5. The second kappa shape index (κ2) is 6.06. The van der Waals surface area contributed by atoms with Crippen LogP contribution in [-0.4, -0.2) is 16.1 Å². The number of rotatable bonds is 4. The first-order valence-electron chi connectivity index (χ1n) is 6.24. The Morgan fingerprint density at radius 1 is 1.33 bits per heavy atom. The Kier molecular flexibility index (Phi) is 4.20. The van der Waals surface area contributed by atoms with Crippen molar-refractivity contribution >= 4 is 17.4 Å². The number of aryl methyl sites for hydroxylation is 1. The van der Waals surface area contributed by atoms with Crippen molar-refractivity contribution in [2.24, 2.45) is 11.6 Å². The van der Waals surface area contributed by atoms with Gasteiger partial charge in [0.1, 0.15) is 0 Å². The summed E-state index contributed by atoms with van der Waals surface area (Å²) in [6, 6.07) is 8.32. The Labute approximate surface area is 122 Å². The van der Waals surface area contributed by atoms with Gasteiger partial charge >= 0.3 is 5.97 Å². The van der Waals surface area contributed by atoms with Gasteiger partial charge in [-0.3, -0.25) is 9.99 Å². The van der Waals surface area contributed by atoms with Gasteiger partial charge in [0.05, 0.1) is 16.9 Å². The van der Waals surface area contributed by atoms with Crippen LogP contribution in [0, 0.1) is 6.92 Å². The van der Waals surface area contributed by atoms with Crippen LogP contribution in [0.4, 0.5) is 5.69 Å². The van der Waals surface area contributed by atoms with Crippen molar-refractivity contribution in [3.63, 3.8) is 0 Å². The molecule has 0 saturated carbocycles. The van der Waals surface area contributed by atoms with Gasteiger partial charge in [-0.1, -0.05) is 6.07 Å². The molecular formula is C15H16N4O2. The number of hydrogen-bond acceptors (Lipinski definition) is 5. The quantitative estimate of drug-likeness (QED) is 0.583. The van der Waals surface area contributed by atoms with Crippen LogP contribution in [0.2, 0.25) is 0 Å². The zero-order chi connectivity index (χ0) is 15.4. The molecule has 1 aromatic heterocycles. The lowest BCUT2D eigenvalue weighted by molar-refractivity contribution is 0.0697. The fourth-order valence-electron chi connectivity index (χ4n) is 1.85. The number of aromatic nitrogens is 1. The third kappa shape index (κ3) is 3.37. The summed E-state index contributed by atoms with van der Waals surface area (Å²) in [4.78, 5) is 15.0. The number of carbonyl (C=O) groups is 1. The highest BCUT2D eigenvalue weighted by atomic mass is 16.4. The summed E-state index contributed by atoms with van der Waals surface area (Å²) in [5.41, 5.74) is 8.72. The standard InChI is InChI=1S/C15H16N4O2/c1-10-4-5-11(15(20)21)7-14(10)19(17)9-13(16)12-3-2-6-18-8-12/h2-9H,16-17H2,1H3,(H,20,21)/b13-9-. The first-order chi connectivity index (χ1) is 9.99. The summed E-state index contributed by atoms with van der Waals surface area (Å²) < 4.78 is 0. The molecule has 0 atom stereocenters. The number of anilines is 1. The summed E-state index contributed by atoms with van der Waals surface area (Å²) in [5, 5.41) is 10.3. The number of hydrazine groups is 1. The number of carboxylic acid groups (broad SMARTS) is 1. The smallest absolute Gasteiger partial charge is 0.335 e. The number of pyridine rings is 1. The zero-order valence-electron chi connectivity index (χ0n) is 11.5. The maximum atomic E-state index is 11.0. The monoisotopic (exact) mass is 284 g/mol. The predicted octanol–water partition coefficient (Wildman–Crippen LogP) is 1.73. The second-order valence-electron chi connectivity index (χ2n) is 4.54. The molecule has 108 valence electrons. The third-order valence-corrected chi connectivity index (χ3v) is 3.01. The second-order valence-corrected chi connectivity index (χ2v) is 4.54. The molecule has 0 unspecified atom stereocenters. The van der Waals surface area contributed by atoms with Gasteiger partial charge in [-0.15, -0.1) is 0 Å². The van der Waals surface area contributed by atoms with Crippen molar-refractivity contribution in [1.29, 1.82) is 0 Å². The fraction of sp³-hybridized carbons (Fsp3) is 0.0667. The minimum absolute atomic E-state index is 0.166. The normalized spacial score (nSPS) is 11.2. The van der Waals surface area contributed by atoms with Gasteiger partial charge < -0.3 is 10.8 Å². The van der Waals surface area contributed by atoms with Crippen molar-refractivity contribution in [2.75, 3.05) is 5.01 Å². The van der Waals surface area contributed by atoms with E-state index < -0.39 is 5.97 Å². The summed E-state index contributed by atoms with van der Waals surface area (Å²) in [7, 11) is 0. The molecule has 0 bridgehead atoms. The average Bonchev–Trinajstić information content (AvgIpc) is 2.48. The van der Waals surface area contributed by atoms with Crippen LogP contribution < -0.4 is 16.6 Å². The lowest BCUT2D eigenvalue weighted by Gasteiger charge is -2.18. The molecule has 0 aliphatic rings. The molecule has 0 aliphatic carbocycles. The maximum absolute atomic E-state index is 11.0. The molecule has 1 heterocycles. The number of aromatic carboxylic acids is 1. The van der Waals surface area contributed by atoms with E-state index >= 15 is 0 Å². The average molecular weight is 284 g/mol. The molecule has 2 aromatic rings. The van der Waals surface area contributed by atoms with E-state index in [0.29, 0.717) is 11.4 Å². The van der Waals surface area contributed by atoms with E-state index in [9.17, 15) is 4.79 Å². The Balaban J connectivity index is 2.34. The maximum Gasteiger partial charge on any atom is 0.335 e. The van der Waals surface area contributed by atoms with Crippen LogP contribution in [0.1, 0.15) is 21.5 Å². The molecule has 21 heavy (non-hydrogen) atoms. The van der Waals surface area contributed by atoms with Crippen molar-refractivity contribution in [2.45, 2.75) is 6.92 Å². The molecular weight excluding hydrogens is 268 g/mol. The molecule has 1 aromatic carbocycles. The van der Waals surface area contributed by atoms with Crippen LogP contribution in [0.15, 0.2) is 48.9 Å². The molecule has 0 aliphatic heterocycles. The largest absolute Gasteiger partial charge is 0.478 e. The number of benzene rings is 1. The first kappa shape index (κ1) is 14.5. The Bertz CT molecular complexity index is 683. The van der Waals surface area contributed by atoms with Gasteiger partial charge in [0.25, 0.3) is 0 Å². The number of nitrogens with zero attached hydrogens (tertiary/aromatic N) is 2. The molecule has 0 spiro atoms. The first-order valence-corrected chi connectivity index (χ1v) is 6.24. The van der Waals surface area contributed by atoms with E-state index in [0.717, 1.165) is 11.1 Å². The Morgan fingerprint density at radius 2 is 2.10 bits per heavy atom. The van der Waals surface area contributed by atoms with E-state index in [-0.39, 0.29) is 5.56 Å². The van der Waals surface area contributed by atoms with Gasteiger partial charge in [-0.2, -0.15) is 0 Å². The van der Waals surface area contributed by atoms with Crippen LogP contribution in [0.5, 0.6) is 0 Å². The van der Waals surface area contributed by atoms with Gasteiger partial charge in [0.15, 0.2) is 0 Å². The van der Waals surface area contributed by atoms with Crippen molar-refractivity contribution < 1.29 is 9.90 Å². The van der Waals surface area contributed by atoms with Crippen LogP contribution in [0.25, 0.3) is 5.70 Å². The van der Waals surface area contributed by atoms with Crippen molar-refractivity contribution in [3.8, 4) is 0 Å². The highest BCUT2D eigenvalue weighted by molar-refractivity contribution is 5.89. The molecule has 6 heteroatoms. The molecule has 6 nitrogen and oxygen atoms in total. The lowest BCUT2D eigenvalue weighted by Crippen LogP contribution is -2.26. The summed E-state index contributed by atoms with van der Waals surface area (Å²) in [5.74, 6) is 4.96. The van der Waals surface area contributed by atoms with Crippen LogP contribution >= 0.6 is 0 Å². The summed E-state index contributed by atoms with van der Waals surface area (Å²) in [6.07, 6.45) is 4.81. The van der Waals surface area contributed by atoms with E-state index in [4.69, 9.17) is 16.7 Å². The fourth-order valence-corrected chi connectivity index (χ4v) is 1.85. The highest BCUT2D eigenvalue weighted by Gasteiger charge is 2.09. The molecule has 0 saturated heterocycles. The van der Waals surface area contributed by atoms with E-state index in [1.807, 2.05) is 13.0 Å². The summed E-state index contributed by atoms with van der Waals surface area (Å²) in [6.45, 7) is 1.84. The van der Waals surface area contributed by atoms with E-state index in [2.05, 4.69) is 4.98 Å². The Hall–Kier alpha value is -2.86. The molecule has 5 N–H and O–H groups in total. The van der Waals surface area contributed by atoms with Crippen molar-refractivity contribution in [1.82, 2.24) is 4.98 Å². The van der Waals surface area contributed by atoms with Gasteiger partial charge in [-0.25, -0.2) is 10.6 Å². The third-order valence-electron chi connectivity index (χ3n) is 3.01. The van der Waals surface area contributed by atoms with Crippen molar-refractivity contribution in [3.05, 3.63) is 65.6 Å². The van der Waals surface area contributed by atoms with E-state index in [1.54, 1.807) is 24.5 Å². The highest BCUT2D eigenvalue weighted by Crippen LogP contribution is 2.21. The molecule has 0 amide bonds. The van der Waals surface area contributed by atoms with E-state index in [1.165, 1.54) is 23.3 Å². The minimum Gasteiger partial charge on any atom is -0.478 e. The topological polar surface area (TPSA) is 105 Å². The van der Waals surface area contributed by atoms with Gasteiger partial charge in [0, 0.05) is 24.2 Å². The molecule has 0 fully saturated rings. The molecule has 2 rings (SSSR count). The SMILES string of the molecule is Cc1ccc(C(=O)O)cc1N(N)/C=C(\N)c1cccnc1. The summed E-state index contributed by atoms with van der Waals surface area (Å²) >= 11 is 0.